The third kappa shape index (κ3) is 3.50. The largest absolute Gasteiger partial charge is 0.469 e. The Kier molecular flexibility index (Phi) is 4.99. The fourth-order valence-corrected chi connectivity index (χ4v) is 2.53. The van der Waals surface area contributed by atoms with E-state index in [4.69, 9.17) is 10.2 Å². The highest BCUT2D eigenvalue weighted by Crippen LogP contribution is 2.15. The van der Waals surface area contributed by atoms with Gasteiger partial charge in [0.05, 0.1) is 24.9 Å². The molecule has 2 rings (SSSR count). The van der Waals surface area contributed by atoms with E-state index >= 15 is 0 Å². The van der Waals surface area contributed by atoms with E-state index < -0.39 is 0 Å². The fourth-order valence-electron chi connectivity index (χ4n) is 1.77. The fraction of sp³-hybridized carbons (Fsp3) is 0.267. The van der Waals surface area contributed by atoms with Gasteiger partial charge in [0.15, 0.2) is 0 Å². The molecule has 0 aliphatic rings. The van der Waals surface area contributed by atoms with Crippen LogP contribution in [0.2, 0.25) is 0 Å². The summed E-state index contributed by atoms with van der Waals surface area (Å²) in [5.74, 6) is 6.37. The second-order valence-corrected chi connectivity index (χ2v) is 5.10. The minimum atomic E-state index is -0.112. The lowest BCUT2D eigenvalue weighted by Crippen LogP contribution is -2.22. The van der Waals surface area contributed by atoms with Crippen molar-refractivity contribution in [3.8, 4) is 11.8 Å². The van der Waals surface area contributed by atoms with Gasteiger partial charge in [0, 0.05) is 22.2 Å². The van der Waals surface area contributed by atoms with Crippen molar-refractivity contribution in [2.24, 2.45) is 5.73 Å². The molecule has 2 aromatic heterocycles. The number of nitrogens with two attached hydrogens (primary N) is 1. The molecule has 104 valence electrons. The van der Waals surface area contributed by atoms with Gasteiger partial charge in [-0.2, -0.15) is 0 Å². The van der Waals surface area contributed by atoms with Gasteiger partial charge in [-0.1, -0.05) is 18.8 Å². The molecule has 0 saturated carbocycles. The molecule has 0 aromatic carbocycles. The van der Waals surface area contributed by atoms with E-state index in [9.17, 15) is 4.79 Å². The summed E-state index contributed by atoms with van der Waals surface area (Å²) in [5, 5.41) is 4.84. The average Bonchev–Trinajstić information content (AvgIpc) is 3.11. The monoisotopic (exact) mass is 288 g/mol. The Bertz CT molecular complexity index is 646. The third-order valence-corrected chi connectivity index (χ3v) is 3.66. The van der Waals surface area contributed by atoms with Crippen LogP contribution in [0.4, 0.5) is 0 Å². The minimum Gasteiger partial charge on any atom is -0.469 e. The van der Waals surface area contributed by atoms with Crippen molar-refractivity contribution in [1.29, 1.82) is 0 Å². The SMILES string of the molecule is CCc1occc1C(=O)NCc1cc(C#CCN)cs1. The van der Waals surface area contributed by atoms with Gasteiger partial charge in [-0.25, -0.2) is 0 Å². The summed E-state index contributed by atoms with van der Waals surface area (Å²) in [6.07, 6.45) is 2.24. The van der Waals surface area contributed by atoms with Gasteiger partial charge in [-0.15, -0.1) is 11.3 Å². The van der Waals surface area contributed by atoms with Crippen LogP contribution in [0.3, 0.4) is 0 Å². The third-order valence-electron chi connectivity index (χ3n) is 2.72. The van der Waals surface area contributed by atoms with E-state index in [2.05, 4.69) is 17.2 Å². The highest BCUT2D eigenvalue weighted by Gasteiger charge is 2.12. The zero-order valence-corrected chi connectivity index (χ0v) is 12.0. The number of thiophene rings is 1. The molecule has 0 spiro atoms. The molecule has 4 nitrogen and oxygen atoms in total. The summed E-state index contributed by atoms with van der Waals surface area (Å²) >= 11 is 1.57. The van der Waals surface area contributed by atoms with Crippen LogP contribution >= 0.6 is 11.3 Å². The predicted molar refractivity (Wildman–Crippen MR) is 79.5 cm³/mol. The molecule has 20 heavy (non-hydrogen) atoms. The first-order chi connectivity index (χ1) is 9.74. The van der Waals surface area contributed by atoms with Crippen LogP contribution in [0.1, 0.15) is 33.5 Å². The van der Waals surface area contributed by atoms with Crippen molar-refractivity contribution in [3.63, 3.8) is 0 Å². The molecule has 0 bridgehead atoms. The summed E-state index contributed by atoms with van der Waals surface area (Å²) in [7, 11) is 0. The average molecular weight is 288 g/mol. The lowest BCUT2D eigenvalue weighted by Gasteiger charge is -2.02. The molecule has 2 heterocycles. The number of furan rings is 1. The van der Waals surface area contributed by atoms with Gasteiger partial charge in [-0.3, -0.25) is 4.79 Å². The highest BCUT2D eigenvalue weighted by atomic mass is 32.1. The second kappa shape index (κ2) is 6.94. The molecule has 0 aliphatic heterocycles. The number of hydrogen-bond donors (Lipinski definition) is 2. The Morgan fingerprint density at radius 3 is 3.15 bits per heavy atom. The van der Waals surface area contributed by atoms with Crippen molar-refractivity contribution in [2.75, 3.05) is 6.54 Å². The van der Waals surface area contributed by atoms with Crippen molar-refractivity contribution < 1.29 is 9.21 Å². The number of nitrogens with one attached hydrogen (secondary N) is 1. The van der Waals surface area contributed by atoms with Gasteiger partial charge < -0.3 is 15.5 Å². The van der Waals surface area contributed by atoms with E-state index in [0.29, 0.717) is 30.8 Å². The first kappa shape index (κ1) is 14.4. The maximum atomic E-state index is 12.0. The van der Waals surface area contributed by atoms with E-state index in [0.717, 1.165) is 10.4 Å². The molecule has 1 amide bonds. The number of rotatable bonds is 4. The van der Waals surface area contributed by atoms with Gasteiger partial charge >= 0.3 is 0 Å². The predicted octanol–water partition coefficient (Wildman–Crippen LogP) is 2.14. The van der Waals surface area contributed by atoms with Crippen molar-refractivity contribution in [2.45, 2.75) is 19.9 Å². The molecule has 0 radical (unpaired) electrons. The molecule has 5 heteroatoms. The van der Waals surface area contributed by atoms with Crippen LogP contribution in [-0.2, 0) is 13.0 Å². The van der Waals surface area contributed by atoms with E-state index in [1.807, 2.05) is 18.4 Å². The van der Waals surface area contributed by atoms with Crippen LogP contribution in [0.5, 0.6) is 0 Å². The Hall–Kier alpha value is -2.03. The lowest BCUT2D eigenvalue weighted by molar-refractivity contribution is 0.0949. The lowest BCUT2D eigenvalue weighted by atomic mass is 10.2. The van der Waals surface area contributed by atoms with E-state index in [1.54, 1.807) is 23.7 Å². The van der Waals surface area contributed by atoms with Crippen LogP contribution in [0.25, 0.3) is 0 Å². The summed E-state index contributed by atoms with van der Waals surface area (Å²) < 4.78 is 5.25. The van der Waals surface area contributed by atoms with Crippen LogP contribution in [-0.4, -0.2) is 12.5 Å². The van der Waals surface area contributed by atoms with Crippen molar-refractivity contribution in [3.05, 3.63) is 45.5 Å². The van der Waals surface area contributed by atoms with E-state index in [1.165, 1.54) is 0 Å². The number of carbonyl (C=O) groups excluding carboxylic acids is 1. The van der Waals surface area contributed by atoms with E-state index in [-0.39, 0.29) is 5.91 Å². The molecule has 0 atom stereocenters. The minimum absolute atomic E-state index is 0.112. The molecular formula is C15H16N2O2S. The Balaban J connectivity index is 1.95. The van der Waals surface area contributed by atoms with Gasteiger partial charge in [0.2, 0.25) is 0 Å². The Morgan fingerprint density at radius 2 is 2.40 bits per heavy atom. The molecular weight excluding hydrogens is 272 g/mol. The van der Waals surface area contributed by atoms with Gasteiger partial charge in [0.25, 0.3) is 5.91 Å². The topological polar surface area (TPSA) is 68.3 Å². The smallest absolute Gasteiger partial charge is 0.255 e. The first-order valence-corrected chi connectivity index (χ1v) is 7.23. The number of aryl methyl sites for hydroxylation is 1. The summed E-state index contributed by atoms with van der Waals surface area (Å²) in [4.78, 5) is 13.1. The normalized spacial score (nSPS) is 9.90. The number of carbonyl (C=O) groups is 1. The van der Waals surface area contributed by atoms with Crippen molar-refractivity contribution >= 4 is 17.2 Å². The maximum absolute atomic E-state index is 12.0. The quantitative estimate of drug-likeness (QED) is 0.847. The van der Waals surface area contributed by atoms with Crippen molar-refractivity contribution in [1.82, 2.24) is 5.32 Å². The standard InChI is InChI=1S/C15H16N2O2S/c1-2-14-13(5-7-19-14)15(18)17-9-12-8-11(10-20-12)4-3-6-16/h5,7-8,10H,2,6,9,16H2,1H3,(H,17,18). The first-order valence-electron chi connectivity index (χ1n) is 6.35. The summed E-state index contributed by atoms with van der Waals surface area (Å²) in [6, 6.07) is 3.66. The van der Waals surface area contributed by atoms with Gasteiger partial charge in [-0.05, 0) is 12.1 Å². The van der Waals surface area contributed by atoms with Crippen LogP contribution < -0.4 is 11.1 Å². The molecule has 0 aliphatic carbocycles. The highest BCUT2D eigenvalue weighted by molar-refractivity contribution is 7.10. The molecule has 2 aromatic rings. The zero-order valence-electron chi connectivity index (χ0n) is 11.2. The Labute approximate surface area is 122 Å². The number of hydrogen-bond acceptors (Lipinski definition) is 4. The van der Waals surface area contributed by atoms with Gasteiger partial charge in [0.1, 0.15) is 5.76 Å². The molecule has 0 unspecified atom stereocenters. The Morgan fingerprint density at radius 1 is 1.55 bits per heavy atom. The number of amides is 1. The second-order valence-electron chi connectivity index (χ2n) is 4.10. The summed E-state index contributed by atoms with van der Waals surface area (Å²) in [5.41, 5.74) is 6.86. The summed E-state index contributed by atoms with van der Waals surface area (Å²) in [6.45, 7) is 2.79. The zero-order chi connectivity index (χ0) is 14.4. The molecule has 3 N–H and O–H groups in total. The van der Waals surface area contributed by atoms with Crippen LogP contribution in [0, 0.1) is 11.8 Å². The maximum Gasteiger partial charge on any atom is 0.255 e. The molecule has 0 fully saturated rings. The van der Waals surface area contributed by atoms with Crippen LogP contribution in [0.15, 0.2) is 28.2 Å². The molecule has 0 saturated heterocycles.